The summed E-state index contributed by atoms with van der Waals surface area (Å²) in [5.41, 5.74) is 2.81. The molecule has 6 nitrogen and oxygen atoms in total. The van der Waals surface area contributed by atoms with E-state index in [0.29, 0.717) is 6.04 Å². The molecule has 30 heavy (non-hydrogen) atoms. The molecular formula is C24H41N5O. The SMILES string of the molecule is CN=C(NCc1ccccc1CN1CCCCCC1)NC1CCN(CCOC)CC1. The van der Waals surface area contributed by atoms with Crippen molar-refractivity contribution in [3.63, 3.8) is 0 Å². The van der Waals surface area contributed by atoms with Crippen molar-refractivity contribution < 1.29 is 4.74 Å². The number of nitrogens with one attached hydrogen (secondary N) is 2. The van der Waals surface area contributed by atoms with Crippen LogP contribution in [0.2, 0.25) is 0 Å². The highest BCUT2D eigenvalue weighted by molar-refractivity contribution is 5.80. The number of piperidine rings is 1. The van der Waals surface area contributed by atoms with E-state index in [1.165, 1.54) is 49.9 Å². The van der Waals surface area contributed by atoms with Crippen molar-refractivity contribution in [2.45, 2.75) is 57.7 Å². The first-order valence-corrected chi connectivity index (χ1v) is 11.8. The summed E-state index contributed by atoms with van der Waals surface area (Å²) in [4.78, 5) is 9.58. The van der Waals surface area contributed by atoms with Crippen LogP contribution in [-0.2, 0) is 17.8 Å². The van der Waals surface area contributed by atoms with Crippen LogP contribution < -0.4 is 10.6 Å². The van der Waals surface area contributed by atoms with Gasteiger partial charge in [0.25, 0.3) is 0 Å². The summed E-state index contributed by atoms with van der Waals surface area (Å²) >= 11 is 0. The molecule has 0 saturated carbocycles. The third-order valence-electron chi connectivity index (χ3n) is 6.42. The number of hydrogen-bond acceptors (Lipinski definition) is 4. The minimum absolute atomic E-state index is 0.488. The summed E-state index contributed by atoms with van der Waals surface area (Å²) in [6.07, 6.45) is 7.73. The largest absolute Gasteiger partial charge is 0.383 e. The summed E-state index contributed by atoms with van der Waals surface area (Å²) in [6, 6.07) is 9.34. The topological polar surface area (TPSA) is 52.1 Å². The van der Waals surface area contributed by atoms with Gasteiger partial charge in [0, 0.05) is 52.9 Å². The number of hydrogen-bond donors (Lipinski definition) is 2. The second-order valence-electron chi connectivity index (χ2n) is 8.64. The quantitative estimate of drug-likeness (QED) is 0.505. The van der Waals surface area contributed by atoms with Crippen molar-refractivity contribution in [3.8, 4) is 0 Å². The molecule has 1 aromatic rings. The number of ether oxygens (including phenoxy) is 1. The molecule has 0 bridgehead atoms. The third-order valence-corrected chi connectivity index (χ3v) is 6.42. The molecule has 168 valence electrons. The van der Waals surface area contributed by atoms with Gasteiger partial charge in [-0.25, -0.2) is 0 Å². The molecule has 2 heterocycles. The maximum Gasteiger partial charge on any atom is 0.191 e. The van der Waals surface area contributed by atoms with Crippen LogP contribution in [0.5, 0.6) is 0 Å². The van der Waals surface area contributed by atoms with E-state index in [1.54, 1.807) is 7.11 Å². The molecule has 6 heteroatoms. The molecule has 0 atom stereocenters. The molecule has 2 aliphatic rings. The number of rotatable bonds is 8. The van der Waals surface area contributed by atoms with Crippen LogP contribution in [0.15, 0.2) is 29.3 Å². The fourth-order valence-corrected chi connectivity index (χ4v) is 4.51. The molecule has 2 saturated heterocycles. The minimum Gasteiger partial charge on any atom is -0.383 e. The first-order chi connectivity index (χ1) is 14.8. The van der Waals surface area contributed by atoms with Crippen LogP contribution in [0.1, 0.15) is 49.7 Å². The van der Waals surface area contributed by atoms with E-state index >= 15 is 0 Å². The van der Waals surface area contributed by atoms with Gasteiger partial charge in [0.2, 0.25) is 0 Å². The Hall–Kier alpha value is -1.63. The molecule has 1 aromatic carbocycles. The summed E-state index contributed by atoms with van der Waals surface area (Å²) in [6.45, 7) is 8.43. The predicted octanol–water partition coefficient (Wildman–Crippen LogP) is 2.84. The van der Waals surface area contributed by atoms with Crippen LogP contribution in [0.4, 0.5) is 0 Å². The zero-order chi connectivity index (χ0) is 21.0. The van der Waals surface area contributed by atoms with Gasteiger partial charge in [0.1, 0.15) is 0 Å². The van der Waals surface area contributed by atoms with E-state index in [9.17, 15) is 0 Å². The number of aliphatic imine (C=N–C) groups is 1. The second kappa shape index (κ2) is 12.9. The molecule has 2 N–H and O–H groups in total. The summed E-state index contributed by atoms with van der Waals surface area (Å²) in [5.74, 6) is 0.912. The van der Waals surface area contributed by atoms with Crippen LogP contribution in [-0.4, -0.2) is 75.3 Å². The maximum absolute atomic E-state index is 5.20. The maximum atomic E-state index is 5.20. The van der Waals surface area contributed by atoms with Crippen molar-refractivity contribution >= 4 is 5.96 Å². The molecule has 0 aromatic heterocycles. The molecule has 2 fully saturated rings. The second-order valence-corrected chi connectivity index (χ2v) is 8.64. The standard InChI is InChI=1S/C24H41N5O/c1-25-24(27-23-11-15-28(16-12-23)17-18-30-2)26-19-21-9-5-6-10-22(21)20-29-13-7-3-4-8-14-29/h5-6,9-10,23H,3-4,7-8,11-20H2,1-2H3,(H2,25,26,27). The Labute approximate surface area is 183 Å². The first-order valence-electron chi connectivity index (χ1n) is 11.8. The van der Waals surface area contributed by atoms with Crippen LogP contribution >= 0.6 is 0 Å². The Morgan fingerprint density at radius 1 is 1.00 bits per heavy atom. The molecule has 2 aliphatic heterocycles. The lowest BCUT2D eigenvalue weighted by atomic mass is 10.1. The fraction of sp³-hybridized carbons (Fsp3) is 0.708. The predicted molar refractivity (Wildman–Crippen MR) is 125 cm³/mol. The van der Waals surface area contributed by atoms with Crippen molar-refractivity contribution in [1.29, 1.82) is 0 Å². The Kier molecular flexibility index (Phi) is 9.93. The van der Waals surface area contributed by atoms with Gasteiger partial charge in [0.05, 0.1) is 6.61 Å². The van der Waals surface area contributed by atoms with Crippen molar-refractivity contribution in [1.82, 2.24) is 20.4 Å². The average molecular weight is 416 g/mol. The zero-order valence-corrected chi connectivity index (χ0v) is 19.0. The fourth-order valence-electron chi connectivity index (χ4n) is 4.51. The summed E-state index contributed by atoms with van der Waals surface area (Å²) in [7, 11) is 3.64. The third kappa shape index (κ3) is 7.56. The van der Waals surface area contributed by atoms with Crippen molar-refractivity contribution in [2.24, 2.45) is 4.99 Å². The summed E-state index contributed by atoms with van der Waals surface area (Å²) < 4.78 is 5.20. The lowest BCUT2D eigenvalue weighted by Crippen LogP contribution is -2.49. The Morgan fingerprint density at radius 3 is 2.37 bits per heavy atom. The Morgan fingerprint density at radius 2 is 1.70 bits per heavy atom. The number of benzene rings is 1. The van der Waals surface area contributed by atoms with Gasteiger partial charge < -0.3 is 20.3 Å². The minimum atomic E-state index is 0.488. The van der Waals surface area contributed by atoms with E-state index in [-0.39, 0.29) is 0 Å². The summed E-state index contributed by atoms with van der Waals surface area (Å²) in [5, 5.41) is 7.19. The highest BCUT2D eigenvalue weighted by Gasteiger charge is 2.19. The van der Waals surface area contributed by atoms with Gasteiger partial charge in [-0.15, -0.1) is 0 Å². The van der Waals surface area contributed by atoms with Gasteiger partial charge in [0.15, 0.2) is 5.96 Å². The number of nitrogens with zero attached hydrogens (tertiary/aromatic N) is 3. The molecule has 0 amide bonds. The molecule has 3 rings (SSSR count). The highest BCUT2D eigenvalue weighted by atomic mass is 16.5. The van der Waals surface area contributed by atoms with Crippen LogP contribution in [0.3, 0.4) is 0 Å². The van der Waals surface area contributed by atoms with Crippen LogP contribution in [0, 0.1) is 0 Å². The monoisotopic (exact) mass is 415 g/mol. The zero-order valence-electron chi connectivity index (χ0n) is 19.0. The van der Waals surface area contributed by atoms with E-state index in [2.05, 4.69) is 49.7 Å². The van der Waals surface area contributed by atoms with Crippen LogP contribution in [0.25, 0.3) is 0 Å². The van der Waals surface area contributed by atoms with Gasteiger partial charge in [-0.3, -0.25) is 9.89 Å². The Balaban J connectivity index is 1.47. The van der Waals surface area contributed by atoms with E-state index in [0.717, 1.165) is 58.1 Å². The lowest BCUT2D eigenvalue weighted by Gasteiger charge is -2.32. The molecule has 0 radical (unpaired) electrons. The van der Waals surface area contributed by atoms with Gasteiger partial charge >= 0.3 is 0 Å². The van der Waals surface area contributed by atoms with E-state index in [4.69, 9.17) is 4.74 Å². The highest BCUT2D eigenvalue weighted by Crippen LogP contribution is 2.16. The molecule has 0 spiro atoms. The van der Waals surface area contributed by atoms with E-state index < -0.39 is 0 Å². The molecular weight excluding hydrogens is 374 g/mol. The van der Waals surface area contributed by atoms with Gasteiger partial charge in [-0.05, 0) is 49.9 Å². The normalized spacial score (nSPS) is 20.1. The average Bonchev–Trinajstić information content (AvgIpc) is 3.05. The smallest absolute Gasteiger partial charge is 0.191 e. The molecule has 0 unspecified atom stereocenters. The number of guanidine groups is 1. The first kappa shape index (κ1) is 23.0. The molecule has 0 aliphatic carbocycles. The van der Waals surface area contributed by atoms with Crippen molar-refractivity contribution in [2.75, 3.05) is 53.5 Å². The van der Waals surface area contributed by atoms with Gasteiger partial charge in [-0.1, -0.05) is 37.1 Å². The van der Waals surface area contributed by atoms with E-state index in [1.807, 2.05) is 7.05 Å². The van der Waals surface area contributed by atoms with Crippen molar-refractivity contribution in [3.05, 3.63) is 35.4 Å². The Bertz CT molecular complexity index is 634. The number of likely N-dealkylation sites (tertiary alicyclic amines) is 2. The number of methoxy groups -OCH3 is 1. The lowest BCUT2D eigenvalue weighted by molar-refractivity contribution is 0.128. The van der Waals surface area contributed by atoms with Gasteiger partial charge in [-0.2, -0.15) is 0 Å².